The topological polar surface area (TPSA) is 90.7 Å². The maximum absolute atomic E-state index is 12.3. The van der Waals surface area contributed by atoms with Crippen LogP contribution in [-0.2, 0) is 0 Å². The normalized spacial score (nSPS) is 11.5. The SMILES string of the molecule is COc1ccc(C(C)NC(=O)c2ccc([N+](=O)[O-])cc2)c(OC)c1. The minimum absolute atomic E-state index is 0.0589. The number of nitrogens with zero attached hydrogens (tertiary/aromatic N) is 1. The number of non-ortho nitro benzene ring substituents is 1. The van der Waals surface area contributed by atoms with Crippen LogP contribution < -0.4 is 14.8 Å². The monoisotopic (exact) mass is 330 g/mol. The summed E-state index contributed by atoms with van der Waals surface area (Å²) in [7, 11) is 3.11. The van der Waals surface area contributed by atoms with E-state index in [1.54, 1.807) is 26.4 Å². The van der Waals surface area contributed by atoms with Crippen molar-refractivity contribution < 1.29 is 19.2 Å². The number of carbonyl (C=O) groups excluding carboxylic acids is 1. The Morgan fingerprint density at radius 2 is 1.79 bits per heavy atom. The molecule has 2 aromatic carbocycles. The predicted molar refractivity (Wildman–Crippen MR) is 88.5 cm³/mol. The van der Waals surface area contributed by atoms with Gasteiger partial charge in [0.15, 0.2) is 0 Å². The van der Waals surface area contributed by atoms with Crippen molar-refractivity contribution in [3.63, 3.8) is 0 Å². The van der Waals surface area contributed by atoms with E-state index in [4.69, 9.17) is 9.47 Å². The maximum Gasteiger partial charge on any atom is 0.269 e. The summed E-state index contributed by atoms with van der Waals surface area (Å²) in [6, 6.07) is 10.5. The van der Waals surface area contributed by atoms with E-state index in [0.29, 0.717) is 17.1 Å². The quantitative estimate of drug-likeness (QED) is 0.649. The second-order valence-corrected chi connectivity index (χ2v) is 5.11. The van der Waals surface area contributed by atoms with Crippen LogP contribution in [0, 0.1) is 10.1 Å². The Morgan fingerprint density at radius 3 is 2.33 bits per heavy atom. The molecular formula is C17H18N2O5. The summed E-state index contributed by atoms with van der Waals surface area (Å²) in [6.45, 7) is 1.83. The van der Waals surface area contributed by atoms with Gasteiger partial charge in [-0.25, -0.2) is 0 Å². The number of benzene rings is 2. The van der Waals surface area contributed by atoms with Crippen molar-refractivity contribution in [1.29, 1.82) is 0 Å². The summed E-state index contributed by atoms with van der Waals surface area (Å²) in [5, 5.41) is 13.5. The van der Waals surface area contributed by atoms with Gasteiger partial charge >= 0.3 is 0 Å². The zero-order chi connectivity index (χ0) is 17.7. The molecule has 0 aromatic heterocycles. The highest BCUT2D eigenvalue weighted by Crippen LogP contribution is 2.29. The van der Waals surface area contributed by atoms with Gasteiger partial charge in [-0.1, -0.05) is 0 Å². The Labute approximate surface area is 139 Å². The molecule has 0 heterocycles. The number of nitro benzene ring substituents is 1. The minimum Gasteiger partial charge on any atom is -0.497 e. The van der Waals surface area contributed by atoms with Gasteiger partial charge in [0.05, 0.1) is 25.2 Å². The number of hydrogen-bond acceptors (Lipinski definition) is 5. The van der Waals surface area contributed by atoms with Crippen LogP contribution in [0.25, 0.3) is 0 Å². The minimum atomic E-state index is -0.507. The van der Waals surface area contributed by atoms with Gasteiger partial charge in [0.2, 0.25) is 0 Å². The molecule has 2 rings (SSSR count). The zero-order valence-electron chi connectivity index (χ0n) is 13.6. The van der Waals surface area contributed by atoms with E-state index in [0.717, 1.165) is 5.56 Å². The van der Waals surface area contributed by atoms with Crippen LogP contribution in [0.2, 0.25) is 0 Å². The molecule has 0 radical (unpaired) electrons. The average molecular weight is 330 g/mol. The maximum atomic E-state index is 12.3. The fraction of sp³-hybridized carbons (Fsp3) is 0.235. The first-order chi connectivity index (χ1) is 11.5. The van der Waals surface area contributed by atoms with Gasteiger partial charge in [-0.3, -0.25) is 14.9 Å². The first-order valence-electron chi connectivity index (χ1n) is 7.23. The number of rotatable bonds is 6. The molecule has 1 atom stereocenters. The van der Waals surface area contributed by atoms with E-state index in [1.165, 1.54) is 24.3 Å². The van der Waals surface area contributed by atoms with Crippen molar-refractivity contribution in [1.82, 2.24) is 5.32 Å². The van der Waals surface area contributed by atoms with Gasteiger partial charge < -0.3 is 14.8 Å². The van der Waals surface area contributed by atoms with Crippen LogP contribution >= 0.6 is 0 Å². The summed E-state index contributed by atoms with van der Waals surface area (Å²) in [5.74, 6) is 0.936. The molecular weight excluding hydrogens is 312 g/mol. The largest absolute Gasteiger partial charge is 0.497 e. The molecule has 24 heavy (non-hydrogen) atoms. The van der Waals surface area contributed by atoms with Crippen molar-refractivity contribution >= 4 is 11.6 Å². The highest BCUT2D eigenvalue weighted by molar-refractivity contribution is 5.94. The molecule has 126 valence electrons. The first kappa shape index (κ1) is 17.3. The van der Waals surface area contributed by atoms with Crippen LogP contribution in [0.1, 0.15) is 28.9 Å². The fourth-order valence-corrected chi connectivity index (χ4v) is 2.27. The molecule has 1 unspecified atom stereocenters. The number of nitro groups is 1. The van der Waals surface area contributed by atoms with Crippen molar-refractivity contribution in [2.75, 3.05) is 14.2 Å². The van der Waals surface area contributed by atoms with Crippen LogP contribution in [0.4, 0.5) is 5.69 Å². The van der Waals surface area contributed by atoms with E-state index in [-0.39, 0.29) is 17.6 Å². The fourth-order valence-electron chi connectivity index (χ4n) is 2.27. The Hall–Kier alpha value is -3.09. The van der Waals surface area contributed by atoms with Gasteiger partial charge in [0.25, 0.3) is 11.6 Å². The summed E-state index contributed by atoms with van der Waals surface area (Å²) >= 11 is 0. The molecule has 1 amide bonds. The third-order valence-corrected chi connectivity index (χ3v) is 3.60. The third kappa shape index (κ3) is 3.81. The molecule has 0 spiro atoms. The standard InChI is InChI=1S/C17H18N2O5/c1-11(15-9-8-14(23-2)10-16(15)24-3)18-17(20)12-4-6-13(7-5-12)19(21)22/h4-11H,1-3H3,(H,18,20). The zero-order valence-corrected chi connectivity index (χ0v) is 13.6. The number of hydrogen-bond donors (Lipinski definition) is 1. The van der Waals surface area contributed by atoms with Crippen molar-refractivity contribution in [3.05, 3.63) is 63.7 Å². The highest BCUT2D eigenvalue weighted by Gasteiger charge is 2.16. The molecule has 0 bridgehead atoms. The average Bonchev–Trinajstić information content (AvgIpc) is 2.60. The summed E-state index contributed by atoms with van der Waals surface area (Å²) < 4.78 is 10.5. The number of carbonyl (C=O) groups is 1. The molecule has 7 nitrogen and oxygen atoms in total. The van der Waals surface area contributed by atoms with Crippen LogP contribution in [0.15, 0.2) is 42.5 Å². The number of ether oxygens (including phenoxy) is 2. The molecule has 0 fully saturated rings. The van der Waals surface area contributed by atoms with E-state index >= 15 is 0 Å². The van der Waals surface area contributed by atoms with Crippen LogP contribution in [0.5, 0.6) is 11.5 Å². The lowest BCUT2D eigenvalue weighted by atomic mass is 10.1. The Kier molecular flexibility index (Phi) is 5.36. The predicted octanol–water partition coefficient (Wildman–Crippen LogP) is 3.10. The molecule has 1 N–H and O–H groups in total. The van der Waals surface area contributed by atoms with Crippen molar-refractivity contribution in [2.24, 2.45) is 0 Å². The van der Waals surface area contributed by atoms with Crippen molar-refractivity contribution in [3.8, 4) is 11.5 Å². The molecule has 0 saturated carbocycles. The first-order valence-corrected chi connectivity index (χ1v) is 7.23. The third-order valence-electron chi connectivity index (χ3n) is 3.60. The Balaban J connectivity index is 2.15. The van der Waals surface area contributed by atoms with Crippen LogP contribution in [0.3, 0.4) is 0 Å². The second kappa shape index (κ2) is 7.45. The lowest BCUT2D eigenvalue weighted by molar-refractivity contribution is -0.384. The number of nitrogens with one attached hydrogen (secondary N) is 1. The van der Waals surface area contributed by atoms with E-state index < -0.39 is 4.92 Å². The van der Waals surface area contributed by atoms with E-state index in [1.807, 2.05) is 13.0 Å². The van der Waals surface area contributed by atoms with Gasteiger partial charge in [0.1, 0.15) is 11.5 Å². The lowest BCUT2D eigenvalue weighted by Gasteiger charge is -2.18. The lowest BCUT2D eigenvalue weighted by Crippen LogP contribution is -2.26. The highest BCUT2D eigenvalue weighted by atomic mass is 16.6. The second-order valence-electron chi connectivity index (χ2n) is 5.11. The molecule has 0 saturated heterocycles. The van der Waals surface area contributed by atoms with Gasteiger partial charge in [-0.05, 0) is 31.2 Å². The number of methoxy groups -OCH3 is 2. The molecule has 7 heteroatoms. The van der Waals surface area contributed by atoms with Crippen LogP contribution in [-0.4, -0.2) is 25.1 Å². The summed E-state index contributed by atoms with van der Waals surface area (Å²) in [6.07, 6.45) is 0. The van der Waals surface area contributed by atoms with Crippen molar-refractivity contribution in [2.45, 2.75) is 13.0 Å². The Morgan fingerprint density at radius 1 is 1.12 bits per heavy atom. The van der Waals surface area contributed by atoms with E-state index in [9.17, 15) is 14.9 Å². The molecule has 0 aliphatic carbocycles. The summed E-state index contributed by atoms with van der Waals surface area (Å²) in [4.78, 5) is 22.4. The van der Waals surface area contributed by atoms with E-state index in [2.05, 4.69) is 5.32 Å². The van der Waals surface area contributed by atoms with Gasteiger partial charge in [0, 0.05) is 29.3 Å². The number of amides is 1. The summed E-state index contributed by atoms with van der Waals surface area (Å²) in [5.41, 5.74) is 1.09. The van der Waals surface area contributed by atoms with Gasteiger partial charge in [-0.2, -0.15) is 0 Å². The molecule has 0 aliphatic rings. The molecule has 0 aliphatic heterocycles. The smallest absolute Gasteiger partial charge is 0.269 e. The molecule has 2 aromatic rings. The Bertz CT molecular complexity index is 743. The van der Waals surface area contributed by atoms with Gasteiger partial charge in [-0.15, -0.1) is 0 Å².